The molecule has 80 valence electrons. The molecule has 2 aromatic rings. The molecule has 0 fully saturated rings. The summed E-state index contributed by atoms with van der Waals surface area (Å²) in [5.74, 6) is 0.644. The van der Waals surface area contributed by atoms with Crippen LogP contribution in [0.3, 0.4) is 0 Å². The molecule has 0 aliphatic rings. The number of aryl methyl sites for hydroxylation is 1. The summed E-state index contributed by atoms with van der Waals surface area (Å²) in [5, 5.41) is 7.69. The van der Waals surface area contributed by atoms with E-state index in [-0.39, 0.29) is 0 Å². The fraction of sp³-hybridized carbons (Fsp3) is 0.375. The Hall–Kier alpha value is -1.14. The number of halogens is 1. The van der Waals surface area contributed by atoms with Gasteiger partial charge in [0, 0.05) is 12.7 Å². The van der Waals surface area contributed by atoms with Gasteiger partial charge in [0.2, 0.25) is 0 Å². The first-order chi connectivity index (χ1) is 7.25. The maximum absolute atomic E-state index is 5.78. The van der Waals surface area contributed by atoms with Gasteiger partial charge in [0.25, 0.3) is 0 Å². The van der Waals surface area contributed by atoms with E-state index in [9.17, 15) is 0 Å². The molecule has 0 radical (unpaired) electrons. The predicted octanol–water partition coefficient (Wildman–Crippen LogP) is 1.81. The summed E-state index contributed by atoms with van der Waals surface area (Å²) in [6.45, 7) is 3.52. The van der Waals surface area contributed by atoms with Gasteiger partial charge in [-0.05, 0) is 12.5 Å². The zero-order chi connectivity index (χ0) is 10.7. The quantitative estimate of drug-likeness (QED) is 0.890. The van der Waals surface area contributed by atoms with E-state index in [1.807, 2.05) is 24.0 Å². The molecule has 2 rings (SSSR count). The lowest BCUT2D eigenvalue weighted by Crippen LogP contribution is -2.11. The molecule has 2 aromatic heterocycles. The van der Waals surface area contributed by atoms with Crippen LogP contribution in [0.5, 0.6) is 0 Å². The van der Waals surface area contributed by atoms with E-state index < -0.39 is 0 Å². The van der Waals surface area contributed by atoms with E-state index in [0.717, 1.165) is 30.4 Å². The molecule has 2 heterocycles. The Morgan fingerprint density at radius 2 is 2.40 bits per heavy atom. The number of hydrogen-bond acceptors (Lipinski definition) is 5. The first-order valence-corrected chi connectivity index (χ1v) is 5.57. The Labute approximate surface area is 96.4 Å². The van der Waals surface area contributed by atoms with Gasteiger partial charge in [-0.25, -0.2) is 0 Å². The number of nitrogens with zero attached hydrogens (tertiary/aromatic N) is 4. The number of aromatic nitrogens is 4. The maximum atomic E-state index is 5.78. The van der Waals surface area contributed by atoms with Gasteiger partial charge >= 0.3 is 0 Å². The fourth-order valence-electron chi connectivity index (χ4n) is 1.16. The molecule has 0 atom stereocenters. The first-order valence-electron chi connectivity index (χ1n) is 4.46. The standard InChI is InChI=1S/C8H10ClN5S/c1-6-4-11-14(5-6)3-2-10-8-7(9)12-15-13-8/h4-5H,2-3H2,1H3,(H,10,13). The van der Waals surface area contributed by atoms with Crippen LogP contribution in [0, 0.1) is 6.92 Å². The van der Waals surface area contributed by atoms with Crippen molar-refractivity contribution in [3.63, 3.8) is 0 Å². The van der Waals surface area contributed by atoms with E-state index in [1.165, 1.54) is 0 Å². The molecule has 0 aliphatic heterocycles. The molecule has 0 amide bonds. The van der Waals surface area contributed by atoms with Gasteiger partial charge in [0.15, 0.2) is 11.0 Å². The fourth-order valence-corrected chi connectivity index (χ4v) is 1.84. The minimum absolute atomic E-state index is 0.427. The minimum atomic E-state index is 0.427. The minimum Gasteiger partial charge on any atom is -0.365 e. The molecular weight excluding hydrogens is 234 g/mol. The van der Waals surface area contributed by atoms with Crippen molar-refractivity contribution in [3.8, 4) is 0 Å². The molecular formula is C8H10ClN5S. The highest BCUT2D eigenvalue weighted by Crippen LogP contribution is 2.17. The van der Waals surface area contributed by atoms with Crippen LogP contribution < -0.4 is 5.32 Å². The number of rotatable bonds is 4. The zero-order valence-electron chi connectivity index (χ0n) is 8.14. The number of anilines is 1. The highest BCUT2D eigenvalue weighted by atomic mass is 35.5. The highest BCUT2D eigenvalue weighted by Gasteiger charge is 2.03. The van der Waals surface area contributed by atoms with Crippen molar-refractivity contribution in [2.45, 2.75) is 13.5 Å². The van der Waals surface area contributed by atoms with Crippen molar-refractivity contribution in [1.82, 2.24) is 18.5 Å². The number of nitrogens with one attached hydrogen (secondary N) is 1. The average Bonchev–Trinajstić information content (AvgIpc) is 2.77. The second-order valence-corrected chi connectivity index (χ2v) is 4.00. The largest absolute Gasteiger partial charge is 0.365 e. The summed E-state index contributed by atoms with van der Waals surface area (Å²) in [4.78, 5) is 0. The van der Waals surface area contributed by atoms with Gasteiger partial charge in [0.05, 0.1) is 24.5 Å². The van der Waals surface area contributed by atoms with Crippen molar-refractivity contribution in [1.29, 1.82) is 0 Å². The lowest BCUT2D eigenvalue weighted by molar-refractivity contribution is 0.637. The lowest BCUT2D eigenvalue weighted by Gasteiger charge is -2.02. The molecule has 0 saturated carbocycles. The van der Waals surface area contributed by atoms with Gasteiger partial charge in [-0.2, -0.15) is 13.8 Å². The van der Waals surface area contributed by atoms with E-state index in [0.29, 0.717) is 11.0 Å². The Morgan fingerprint density at radius 1 is 1.53 bits per heavy atom. The van der Waals surface area contributed by atoms with Crippen LogP contribution in [0.25, 0.3) is 0 Å². The van der Waals surface area contributed by atoms with Gasteiger partial charge in [-0.1, -0.05) is 11.6 Å². The maximum Gasteiger partial charge on any atom is 0.186 e. The second-order valence-electron chi connectivity index (χ2n) is 3.11. The summed E-state index contributed by atoms with van der Waals surface area (Å²) < 4.78 is 9.74. The monoisotopic (exact) mass is 243 g/mol. The normalized spacial score (nSPS) is 10.5. The summed E-state index contributed by atoms with van der Waals surface area (Å²) in [6.07, 6.45) is 3.82. The third kappa shape index (κ3) is 2.66. The molecule has 0 aliphatic carbocycles. The van der Waals surface area contributed by atoms with Gasteiger partial charge in [-0.15, -0.1) is 0 Å². The molecule has 1 N–H and O–H groups in total. The van der Waals surface area contributed by atoms with Crippen LogP contribution in [-0.4, -0.2) is 25.1 Å². The van der Waals surface area contributed by atoms with Crippen LogP contribution in [-0.2, 0) is 6.54 Å². The Bertz CT molecular complexity index is 438. The summed E-state index contributed by atoms with van der Waals surface area (Å²) in [6, 6.07) is 0. The number of hydrogen-bond donors (Lipinski definition) is 1. The van der Waals surface area contributed by atoms with E-state index in [4.69, 9.17) is 11.6 Å². The van der Waals surface area contributed by atoms with Crippen LogP contribution >= 0.6 is 23.3 Å². The molecule has 0 saturated heterocycles. The first kappa shape index (κ1) is 10.4. The topological polar surface area (TPSA) is 55.6 Å². The Kier molecular flexibility index (Phi) is 3.17. The average molecular weight is 244 g/mol. The Balaban J connectivity index is 1.83. The van der Waals surface area contributed by atoms with Crippen molar-refractivity contribution in [2.24, 2.45) is 0 Å². The van der Waals surface area contributed by atoms with E-state index >= 15 is 0 Å². The molecule has 0 aromatic carbocycles. The third-order valence-corrected chi connectivity index (χ3v) is 2.74. The second kappa shape index (κ2) is 4.59. The smallest absolute Gasteiger partial charge is 0.186 e. The highest BCUT2D eigenvalue weighted by molar-refractivity contribution is 6.99. The van der Waals surface area contributed by atoms with Crippen LogP contribution in [0.1, 0.15) is 5.56 Å². The van der Waals surface area contributed by atoms with Crippen molar-refractivity contribution in [3.05, 3.63) is 23.1 Å². The third-order valence-electron chi connectivity index (χ3n) is 1.84. The van der Waals surface area contributed by atoms with Crippen LogP contribution in [0.4, 0.5) is 5.82 Å². The van der Waals surface area contributed by atoms with Crippen molar-refractivity contribution < 1.29 is 0 Å². The van der Waals surface area contributed by atoms with Gasteiger partial charge in [-0.3, -0.25) is 4.68 Å². The molecule has 0 bridgehead atoms. The molecule has 0 spiro atoms. The van der Waals surface area contributed by atoms with Gasteiger partial charge < -0.3 is 5.32 Å². The molecule has 15 heavy (non-hydrogen) atoms. The molecule has 7 heteroatoms. The SMILES string of the molecule is Cc1cnn(CCNc2nsnc2Cl)c1. The summed E-state index contributed by atoms with van der Waals surface area (Å²) in [7, 11) is 0. The predicted molar refractivity (Wildman–Crippen MR) is 60.4 cm³/mol. The van der Waals surface area contributed by atoms with Crippen molar-refractivity contribution in [2.75, 3.05) is 11.9 Å². The van der Waals surface area contributed by atoms with Crippen LogP contribution in [0.2, 0.25) is 5.15 Å². The van der Waals surface area contributed by atoms with Gasteiger partial charge in [0.1, 0.15) is 0 Å². The van der Waals surface area contributed by atoms with E-state index in [2.05, 4.69) is 19.2 Å². The lowest BCUT2D eigenvalue weighted by atomic mass is 10.4. The molecule has 5 nitrogen and oxygen atoms in total. The summed E-state index contributed by atoms with van der Waals surface area (Å²) >= 11 is 6.88. The summed E-state index contributed by atoms with van der Waals surface area (Å²) in [5.41, 5.74) is 1.16. The Morgan fingerprint density at radius 3 is 3.00 bits per heavy atom. The van der Waals surface area contributed by atoms with Crippen LogP contribution in [0.15, 0.2) is 12.4 Å². The zero-order valence-corrected chi connectivity index (χ0v) is 9.72. The van der Waals surface area contributed by atoms with E-state index in [1.54, 1.807) is 0 Å². The van der Waals surface area contributed by atoms with Crippen molar-refractivity contribution >= 4 is 29.1 Å². The molecule has 0 unspecified atom stereocenters.